The van der Waals surface area contributed by atoms with Gasteiger partial charge in [0, 0.05) is 20.6 Å². The molecule has 0 aliphatic carbocycles. The fraction of sp³-hybridized carbons (Fsp3) is 0.750. The largest absolute Gasteiger partial charge is 0.463 e. The van der Waals surface area contributed by atoms with Gasteiger partial charge in [0.2, 0.25) is 11.9 Å². The van der Waals surface area contributed by atoms with Gasteiger partial charge in [0.1, 0.15) is 0 Å². The quantitative estimate of drug-likeness (QED) is 0.714. The van der Waals surface area contributed by atoms with Gasteiger partial charge < -0.3 is 15.0 Å². The maximum Gasteiger partial charge on any atom is 0.323 e. The first kappa shape index (κ1) is 14.5. The molecule has 0 saturated heterocycles. The Bertz CT molecular complexity index is 356. The Morgan fingerprint density at radius 3 is 2.50 bits per heavy atom. The monoisotopic (exact) mass is 253 g/mol. The molecule has 0 aromatic carbocycles. The molecule has 1 heterocycles. The van der Waals surface area contributed by atoms with Gasteiger partial charge in [0.25, 0.3) is 0 Å². The Balaban J connectivity index is 2.69. The van der Waals surface area contributed by atoms with Gasteiger partial charge in [-0.25, -0.2) is 0 Å². The topological polar surface area (TPSA) is 63.2 Å². The van der Waals surface area contributed by atoms with Crippen LogP contribution in [-0.4, -0.2) is 42.2 Å². The summed E-state index contributed by atoms with van der Waals surface area (Å²) in [5.41, 5.74) is 0. The number of rotatable bonds is 8. The molecule has 102 valence electrons. The smallest absolute Gasteiger partial charge is 0.323 e. The molecule has 1 aromatic heterocycles. The number of nitrogens with zero attached hydrogens (tertiary/aromatic N) is 4. The van der Waals surface area contributed by atoms with Crippen molar-refractivity contribution >= 4 is 11.9 Å². The number of nitrogens with one attached hydrogen (secondary N) is 1. The summed E-state index contributed by atoms with van der Waals surface area (Å²) in [5.74, 6) is 1.16. The summed E-state index contributed by atoms with van der Waals surface area (Å²) in [6.45, 7) is 5.58. The van der Waals surface area contributed by atoms with Crippen LogP contribution in [0.3, 0.4) is 0 Å². The van der Waals surface area contributed by atoms with Crippen molar-refractivity contribution in [2.45, 2.75) is 33.1 Å². The highest BCUT2D eigenvalue weighted by Gasteiger charge is 2.08. The average Bonchev–Trinajstić information content (AvgIpc) is 2.35. The first-order valence-corrected chi connectivity index (χ1v) is 6.47. The molecule has 1 aromatic rings. The SMILES string of the molecule is CCCCCOc1nc(NCC)nc(N(C)C)n1. The summed E-state index contributed by atoms with van der Waals surface area (Å²) < 4.78 is 5.56. The van der Waals surface area contributed by atoms with E-state index >= 15 is 0 Å². The van der Waals surface area contributed by atoms with Gasteiger partial charge in [-0.2, -0.15) is 15.0 Å². The van der Waals surface area contributed by atoms with Crippen molar-refractivity contribution in [3.05, 3.63) is 0 Å². The van der Waals surface area contributed by atoms with E-state index in [4.69, 9.17) is 4.74 Å². The predicted octanol–water partition coefficient (Wildman–Crippen LogP) is 1.94. The zero-order valence-electron chi connectivity index (χ0n) is 11.7. The van der Waals surface area contributed by atoms with Crippen LogP contribution in [0, 0.1) is 0 Å². The Hall–Kier alpha value is -1.59. The Labute approximate surface area is 109 Å². The van der Waals surface area contributed by atoms with Gasteiger partial charge in [-0.05, 0) is 13.3 Å². The van der Waals surface area contributed by atoms with Crippen LogP contribution in [0.25, 0.3) is 0 Å². The molecule has 6 nitrogen and oxygen atoms in total. The number of unbranched alkanes of at least 4 members (excludes halogenated alkanes) is 2. The Morgan fingerprint density at radius 1 is 1.11 bits per heavy atom. The zero-order chi connectivity index (χ0) is 13.4. The van der Waals surface area contributed by atoms with Gasteiger partial charge >= 0.3 is 6.01 Å². The van der Waals surface area contributed by atoms with Crippen LogP contribution >= 0.6 is 0 Å². The molecule has 0 unspecified atom stereocenters. The first-order valence-electron chi connectivity index (χ1n) is 6.47. The number of aromatic nitrogens is 3. The Kier molecular flexibility index (Phi) is 6.18. The standard InChI is InChI=1S/C12H23N5O/c1-5-7-8-9-18-12-15-10(13-6-2)14-11(16-12)17(3)4/h5-9H2,1-4H3,(H,13,14,15,16). The van der Waals surface area contributed by atoms with E-state index in [1.54, 1.807) is 0 Å². The fourth-order valence-corrected chi connectivity index (χ4v) is 1.36. The molecule has 0 saturated carbocycles. The minimum absolute atomic E-state index is 0.390. The zero-order valence-corrected chi connectivity index (χ0v) is 11.7. The van der Waals surface area contributed by atoms with E-state index < -0.39 is 0 Å². The molecule has 1 N–H and O–H groups in total. The molecule has 6 heteroatoms. The average molecular weight is 253 g/mol. The highest BCUT2D eigenvalue weighted by molar-refractivity contribution is 5.36. The van der Waals surface area contributed by atoms with Crippen molar-refractivity contribution in [1.29, 1.82) is 0 Å². The van der Waals surface area contributed by atoms with Crippen molar-refractivity contribution in [1.82, 2.24) is 15.0 Å². The molecule has 0 aliphatic heterocycles. The second kappa shape index (κ2) is 7.68. The minimum atomic E-state index is 0.390. The van der Waals surface area contributed by atoms with Crippen LogP contribution in [-0.2, 0) is 0 Å². The number of hydrogen-bond donors (Lipinski definition) is 1. The van der Waals surface area contributed by atoms with Crippen molar-refractivity contribution in [3.8, 4) is 6.01 Å². The third-order valence-corrected chi connectivity index (χ3v) is 2.32. The van der Waals surface area contributed by atoms with Crippen molar-refractivity contribution in [3.63, 3.8) is 0 Å². The first-order chi connectivity index (χ1) is 8.67. The number of ether oxygens (including phenoxy) is 1. The molecule has 0 amide bonds. The lowest BCUT2D eigenvalue weighted by Crippen LogP contribution is -2.16. The summed E-state index contributed by atoms with van der Waals surface area (Å²) in [4.78, 5) is 14.6. The molecule has 0 aliphatic rings. The third-order valence-electron chi connectivity index (χ3n) is 2.32. The van der Waals surface area contributed by atoms with Crippen LogP contribution in [0.15, 0.2) is 0 Å². The van der Waals surface area contributed by atoms with E-state index in [0.29, 0.717) is 24.5 Å². The highest BCUT2D eigenvalue weighted by atomic mass is 16.5. The van der Waals surface area contributed by atoms with Gasteiger partial charge in [0.15, 0.2) is 0 Å². The molecule has 0 fully saturated rings. The summed E-state index contributed by atoms with van der Waals surface area (Å²) >= 11 is 0. The number of anilines is 2. The molecular weight excluding hydrogens is 230 g/mol. The van der Waals surface area contributed by atoms with Crippen molar-refractivity contribution in [2.24, 2.45) is 0 Å². The van der Waals surface area contributed by atoms with E-state index in [9.17, 15) is 0 Å². The highest BCUT2D eigenvalue weighted by Crippen LogP contribution is 2.13. The van der Waals surface area contributed by atoms with Crippen molar-refractivity contribution < 1.29 is 4.74 Å². The molecule has 1 rings (SSSR count). The van der Waals surface area contributed by atoms with E-state index in [1.165, 1.54) is 6.42 Å². The minimum Gasteiger partial charge on any atom is -0.463 e. The fourth-order valence-electron chi connectivity index (χ4n) is 1.36. The van der Waals surface area contributed by atoms with Crippen LogP contribution in [0.2, 0.25) is 0 Å². The van der Waals surface area contributed by atoms with Crippen LogP contribution < -0.4 is 15.0 Å². The van der Waals surface area contributed by atoms with Crippen LogP contribution in [0.1, 0.15) is 33.1 Å². The summed E-state index contributed by atoms with van der Waals surface area (Å²) in [5, 5.41) is 3.08. The van der Waals surface area contributed by atoms with Crippen molar-refractivity contribution in [2.75, 3.05) is 37.5 Å². The second-order valence-corrected chi connectivity index (χ2v) is 4.22. The van der Waals surface area contributed by atoms with Gasteiger partial charge in [-0.1, -0.05) is 19.8 Å². The van der Waals surface area contributed by atoms with E-state index in [1.807, 2.05) is 25.9 Å². The molecule has 0 radical (unpaired) electrons. The third kappa shape index (κ3) is 4.73. The normalized spacial score (nSPS) is 10.2. The second-order valence-electron chi connectivity index (χ2n) is 4.22. The lowest BCUT2D eigenvalue weighted by molar-refractivity contribution is 0.282. The molecule has 0 spiro atoms. The van der Waals surface area contributed by atoms with E-state index in [2.05, 4.69) is 27.2 Å². The predicted molar refractivity (Wildman–Crippen MR) is 73.3 cm³/mol. The summed E-state index contributed by atoms with van der Waals surface area (Å²) in [6, 6.07) is 0.390. The van der Waals surface area contributed by atoms with Gasteiger partial charge in [-0.15, -0.1) is 0 Å². The Morgan fingerprint density at radius 2 is 1.89 bits per heavy atom. The van der Waals surface area contributed by atoms with Crippen LogP contribution in [0.5, 0.6) is 6.01 Å². The van der Waals surface area contributed by atoms with Gasteiger partial charge in [0.05, 0.1) is 6.61 Å². The van der Waals surface area contributed by atoms with E-state index in [-0.39, 0.29) is 0 Å². The maximum absolute atomic E-state index is 5.56. The lowest BCUT2D eigenvalue weighted by Gasteiger charge is -2.13. The summed E-state index contributed by atoms with van der Waals surface area (Å²) in [7, 11) is 3.79. The molecule has 18 heavy (non-hydrogen) atoms. The molecular formula is C12H23N5O. The van der Waals surface area contributed by atoms with Gasteiger partial charge in [-0.3, -0.25) is 0 Å². The lowest BCUT2D eigenvalue weighted by atomic mass is 10.3. The maximum atomic E-state index is 5.56. The summed E-state index contributed by atoms with van der Waals surface area (Å²) in [6.07, 6.45) is 3.36. The molecule has 0 atom stereocenters. The van der Waals surface area contributed by atoms with E-state index in [0.717, 1.165) is 19.4 Å². The number of hydrogen-bond acceptors (Lipinski definition) is 6. The molecule has 0 bridgehead atoms. The van der Waals surface area contributed by atoms with Crippen LogP contribution in [0.4, 0.5) is 11.9 Å².